The Morgan fingerprint density at radius 1 is 1.50 bits per heavy atom. The van der Waals surface area contributed by atoms with E-state index in [9.17, 15) is 0 Å². The standard InChI is InChI=1S/C12H18BrN3/c1-16(10-3-4-10)7-6-15-12-5-2-9(14)8-11(12)13/h2,5,8,10,15H,3-4,6-7,14H2,1H3. The fraction of sp³-hybridized carbons (Fsp3) is 0.500. The minimum Gasteiger partial charge on any atom is -0.399 e. The maximum absolute atomic E-state index is 5.69. The molecular formula is C12H18BrN3. The van der Waals surface area contributed by atoms with Crippen molar-refractivity contribution in [2.75, 3.05) is 31.2 Å². The smallest absolute Gasteiger partial charge is 0.0486 e. The Balaban J connectivity index is 1.80. The third kappa shape index (κ3) is 3.12. The Bertz CT molecular complexity index is 363. The second-order valence-electron chi connectivity index (χ2n) is 4.38. The van der Waals surface area contributed by atoms with E-state index in [1.54, 1.807) is 0 Å². The van der Waals surface area contributed by atoms with E-state index in [2.05, 4.69) is 33.2 Å². The molecule has 88 valence electrons. The van der Waals surface area contributed by atoms with Crippen molar-refractivity contribution in [2.45, 2.75) is 18.9 Å². The first-order chi connectivity index (χ1) is 7.66. The number of anilines is 2. The van der Waals surface area contributed by atoms with Gasteiger partial charge in [0.15, 0.2) is 0 Å². The molecular weight excluding hydrogens is 266 g/mol. The first-order valence-electron chi connectivity index (χ1n) is 5.66. The summed E-state index contributed by atoms with van der Waals surface area (Å²) in [4.78, 5) is 2.41. The lowest BCUT2D eigenvalue weighted by Crippen LogP contribution is -2.27. The Morgan fingerprint density at radius 2 is 2.25 bits per heavy atom. The maximum Gasteiger partial charge on any atom is 0.0486 e. The number of hydrogen-bond donors (Lipinski definition) is 2. The van der Waals surface area contributed by atoms with Crippen LogP contribution in [0.5, 0.6) is 0 Å². The molecule has 0 amide bonds. The van der Waals surface area contributed by atoms with Crippen LogP contribution in [0.1, 0.15) is 12.8 Å². The lowest BCUT2D eigenvalue weighted by atomic mass is 10.3. The number of nitrogens with zero attached hydrogens (tertiary/aromatic N) is 1. The average molecular weight is 284 g/mol. The molecule has 16 heavy (non-hydrogen) atoms. The van der Waals surface area contributed by atoms with Crippen molar-refractivity contribution in [2.24, 2.45) is 0 Å². The number of nitrogens with two attached hydrogens (primary N) is 1. The van der Waals surface area contributed by atoms with Gasteiger partial charge in [0.1, 0.15) is 0 Å². The van der Waals surface area contributed by atoms with E-state index in [0.717, 1.165) is 35.0 Å². The van der Waals surface area contributed by atoms with Gasteiger partial charge in [0.2, 0.25) is 0 Å². The summed E-state index contributed by atoms with van der Waals surface area (Å²) in [6.45, 7) is 2.05. The van der Waals surface area contributed by atoms with Crippen LogP contribution in [0.15, 0.2) is 22.7 Å². The average Bonchev–Trinajstić information content (AvgIpc) is 3.04. The predicted molar refractivity (Wildman–Crippen MR) is 72.7 cm³/mol. The normalized spacial score (nSPS) is 15.4. The SMILES string of the molecule is CN(CCNc1ccc(N)cc1Br)C1CC1. The van der Waals surface area contributed by atoms with Crippen molar-refractivity contribution >= 4 is 27.3 Å². The minimum atomic E-state index is 0.785. The summed E-state index contributed by atoms with van der Waals surface area (Å²) >= 11 is 3.50. The van der Waals surface area contributed by atoms with Gasteiger partial charge in [-0.3, -0.25) is 0 Å². The molecule has 1 aliphatic rings. The molecule has 0 aliphatic heterocycles. The number of nitrogens with one attached hydrogen (secondary N) is 1. The molecule has 3 N–H and O–H groups in total. The van der Waals surface area contributed by atoms with Crippen LogP contribution < -0.4 is 11.1 Å². The van der Waals surface area contributed by atoms with Crippen LogP contribution in [-0.2, 0) is 0 Å². The monoisotopic (exact) mass is 283 g/mol. The van der Waals surface area contributed by atoms with Gasteiger partial charge >= 0.3 is 0 Å². The molecule has 4 heteroatoms. The molecule has 1 aromatic rings. The summed E-state index contributed by atoms with van der Waals surface area (Å²) in [6.07, 6.45) is 2.73. The molecule has 0 unspecified atom stereocenters. The van der Waals surface area contributed by atoms with Crippen molar-refractivity contribution in [1.29, 1.82) is 0 Å². The molecule has 2 rings (SSSR count). The Morgan fingerprint density at radius 3 is 2.88 bits per heavy atom. The molecule has 3 nitrogen and oxygen atoms in total. The first-order valence-corrected chi connectivity index (χ1v) is 6.45. The zero-order chi connectivity index (χ0) is 11.5. The fourth-order valence-corrected chi connectivity index (χ4v) is 2.28. The van der Waals surface area contributed by atoms with Crippen molar-refractivity contribution in [3.8, 4) is 0 Å². The van der Waals surface area contributed by atoms with Gasteiger partial charge in [-0.25, -0.2) is 0 Å². The summed E-state index contributed by atoms with van der Waals surface area (Å²) < 4.78 is 1.03. The quantitative estimate of drug-likeness (QED) is 0.816. The number of benzene rings is 1. The van der Waals surface area contributed by atoms with Crippen LogP contribution in [0.3, 0.4) is 0 Å². The van der Waals surface area contributed by atoms with Gasteiger partial charge in [0.05, 0.1) is 0 Å². The largest absolute Gasteiger partial charge is 0.399 e. The molecule has 0 atom stereocenters. The molecule has 0 bridgehead atoms. The lowest BCUT2D eigenvalue weighted by molar-refractivity contribution is 0.337. The van der Waals surface area contributed by atoms with Crippen molar-refractivity contribution in [1.82, 2.24) is 4.90 Å². The Hall–Kier alpha value is -0.740. The van der Waals surface area contributed by atoms with Gasteiger partial charge < -0.3 is 16.0 Å². The zero-order valence-corrected chi connectivity index (χ0v) is 11.1. The summed E-state index contributed by atoms with van der Waals surface area (Å²) in [5.74, 6) is 0. The van der Waals surface area contributed by atoms with E-state index in [1.807, 2.05) is 18.2 Å². The number of hydrogen-bond acceptors (Lipinski definition) is 3. The second-order valence-corrected chi connectivity index (χ2v) is 5.23. The van der Waals surface area contributed by atoms with Crippen molar-refractivity contribution in [3.05, 3.63) is 22.7 Å². The fourth-order valence-electron chi connectivity index (χ4n) is 1.74. The van der Waals surface area contributed by atoms with E-state index in [4.69, 9.17) is 5.73 Å². The van der Waals surface area contributed by atoms with Crippen LogP contribution in [0, 0.1) is 0 Å². The van der Waals surface area contributed by atoms with Gasteiger partial charge in [-0.1, -0.05) is 0 Å². The molecule has 1 aliphatic carbocycles. The molecule has 1 aromatic carbocycles. The van der Waals surface area contributed by atoms with Crippen molar-refractivity contribution < 1.29 is 0 Å². The second kappa shape index (κ2) is 5.06. The van der Waals surface area contributed by atoms with Gasteiger partial charge in [-0.15, -0.1) is 0 Å². The van der Waals surface area contributed by atoms with Crippen molar-refractivity contribution in [3.63, 3.8) is 0 Å². The third-order valence-electron chi connectivity index (χ3n) is 2.94. The third-order valence-corrected chi connectivity index (χ3v) is 3.60. The van der Waals surface area contributed by atoms with E-state index < -0.39 is 0 Å². The van der Waals surface area contributed by atoms with Gasteiger partial charge in [-0.2, -0.15) is 0 Å². The Labute approximate surface area is 105 Å². The molecule has 1 saturated carbocycles. The number of nitrogen functional groups attached to an aromatic ring is 1. The molecule has 0 heterocycles. The van der Waals surface area contributed by atoms with Gasteiger partial charge in [0.25, 0.3) is 0 Å². The topological polar surface area (TPSA) is 41.3 Å². The van der Waals surface area contributed by atoms with E-state index in [0.29, 0.717) is 0 Å². The lowest BCUT2D eigenvalue weighted by Gasteiger charge is -2.16. The van der Waals surface area contributed by atoms with Gasteiger partial charge in [0, 0.05) is 35.0 Å². The van der Waals surface area contributed by atoms with Crippen LogP contribution in [0.2, 0.25) is 0 Å². The summed E-state index contributed by atoms with van der Waals surface area (Å²) in [6, 6.07) is 6.68. The highest BCUT2D eigenvalue weighted by Crippen LogP contribution is 2.26. The van der Waals surface area contributed by atoms with Gasteiger partial charge in [-0.05, 0) is 54.0 Å². The number of rotatable bonds is 5. The molecule has 0 saturated heterocycles. The van der Waals surface area contributed by atoms with Crippen LogP contribution in [0.4, 0.5) is 11.4 Å². The number of likely N-dealkylation sites (N-methyl/N-ethyl adjacent to an activating group) is 1. The molecule has 0 aromatic heterocycles. The van der Waals surface area contributed by atoms with E-state index in [-0.39, 0.29) is 0 Å². The van der Waals surface area contributed by atoms with E-state index >= 15 is 0 Å². The van der Waals surface area contributed by atoms with Crippen LogP contribution in [-0.4, -0.2) is 31.1 Å². The highest BCUT2D eigenvalue weighted by Gasteiger charge is 2.25. The predicted octanol–water partition coefficient (Wildman–Crippen LogP) is 2.54. The molecule has 1 fully saturated rings. The highest BCUT2D eigenvalue weighted by atomic mass is 79.9. The summed E-state index contributed by atoms with van der Waals surface area (Å²) in [7, 11) is 2.19. The summed E-state index contributed by atoms with van der Waals surface area (Å²) in [5.41, 5.74) is 7.58. The maximum atomic E-state index is 5.69. The summed E-state index contributed by atoms with van der Waals surface area (Å²) in [5, 5.41) is 3.41. The highest BCUT2D eigenvalue weighted by molar-refractivity contribution is 9.10. The number of halogens is 1. The Kier molecular flexibility index (Phi) is 3.71. The first kappa shape index (κ1) is 11.7. The van der Waals surface area contributed by atoms with E-state index in [1.165, 1.54) is 12.8 Å². The minimum absolute atomic E-state index is 0.785. The van der Waals surface area contributed by atoms with Crippen LogP contribution in [0.25, 0.3) is 0 Å². The zero-order valence-electron chi connectivity index (χ0n) is 9.54. The molecule has 0 radical (unpaired) electrons. The molecule has 0 spiro atoms. The van der Waals surface area contributed by atoms with Crippen LogP contribution >= 0.6 is 15.9 Å².